The number of benzene rings is 2. The summed E-state index contributed by atoms with van der Waals surface area (Å²) in [5, 5.41) is 1.85. The molecule has 1 aliphatic heterocycles. The van der Waals surface area contributed by atoms with E-state index in [9.17, 15) is 4.79 Å². The van der Waals surface area contributed by atoms with E-state index in [2.05, 4.69) is 11.8 Å². The maximum atomic E-state index is 11.5. The predicted molar refractivity (Wildman–Crippen MR) is 131 cm³/mol. The number of nitrogens with zero attached hydrogens (tertiary/aromatic N) is 2. The van der Waals surface area contributed by atoms with Crippen LogP contribution in [0.5, 0.6) is 5.75 Å². The normalized spacial score (nSPS) is 15.7. The second-order valence-electron chi connectivity index (χ2n) is 8.45. The predicted octanol–water partition coefficient (Wildman–Crippen LogP) is 6.13. The molecule has 1 aromatic heterocycles. The first-order chi connectivity index (χ1) is 15.5. The Labute approximate surface area is 198 Å². The Bertz CT molecular complexity index is 1080. The zero-order valence-electron chi connectivity index (χ0n) is 18.6. The van der Waals surface area contributed by atoms with Crippen molar-refractivity contribution in [2.45, 2.75) is 39.0 Å². The van der Waals surface area contributed by atoms with Gasteiger partial charge in [0.15, 0.2) is 5.13 Å². The SMILES string of the molecule is CCC1(CCOc2cccc(CC(=O)OC)c2)CCN(c2nc3ccc(Cl)cc3s2)CC1. The minimum Gasteiger partial charge on any atom is -0.494 e. The van der Waals surface area contributed by atoms with E-state index in [1.54, 1.807) is 11.3 Å². The number of ether oxygens (including phenoxy) is 2. The average molecular weight is 473 g/mol. The van der Waals surface area contributed by atoms with Crippen molar-refractivity contribution in [3.05, 3.63) is 53.1 Å². The number of carbonyl (C=O) groups excluding carboxylic acids is 1. The van der Waals surface area contributed by atoms with E-state index in [-0.39, 0.29) is 12.4 Å². The maximum Gasteiger partial charge on any atom is 0.309 e. The van der Waals surface area contributed by atoms with Crippen LogP contribution in [0.2, 0.25) is 5.02 Å². The van der Waals surface area contributed by atoms with Gasteiger partial charge in [0.25, 0.3) is 0 Å². The Kier molecular flexibility index (Phi) is 7.21. The van der Waals surface area contributed by atoms with Gasteiger partial charge in [0, 0.05) is 18.1 Å². The van der Waals surface area contributed by atoms with Gasteiger partial charge in [-0.15, -0.1) is 0 Å². The molecular weight excluding hydrogens is 444 g/mol. The Hall–Kier alpha value is -2.31. The lowest BCUT2D eigenvalue weighted by Crippen LogP contribution is -2.40. The zero-order chi connectivity index (χ0) is 22.6. The average Bonchev–Trinajstić information content (AvgIpc) is 3.23. The number of thiazole rings is 1. The first-order valence-electron chi connectivity index (χ1n) is 11.1. The van der Waals surface area contributed by atoms with Crippen LogP contribution in [0.25, 0.3) is 10.2 Å². The molecule has 1 fully saturated rings. The van der Waals surface area contributed by atoms with Crippen LogP contribution in [0.15, 0.2) is 42.5 Å². The largest absolute Gasteiger partial charge is 0.494 e. The van der Waals surface area contributed by atoms with E-state index in [0.29, 0.717) is 12.0 Å². The van der Waals surface area contributed by atoms with E-state index in [0.717, 1.165) is 70.5 Å². The van der Waals surface area contributed by atoms with E-state index in [1.165, 1.54) is 7.11 Å². The first kappa shape index (κ1) is 22.9. The van der Waals surface area contributed by atoms with Gasteiger partial charge in [-0.1, -0.05) is 48.4 Å². The summed E-state index contributed by atoms with van der Waals surface area (Å²) in [5.41, 5.74) is 2.22. The van der Waals surface area contributed by atoms with Gasteiger partial charge in [0.2, 0.25) is 0 Å². The number of fused-ring (bicyclic) bond motifs is 1. The van der Waals surface area contributed by atoms with E-state index >= 15 is 0 Å². The number of hydrogen-bond donors (Lipinski definition) is 0. The second kappa shape index (κ2) is 10.1. The molecule has 0 saturated carbocycles. The number of rotatable bonds is 8. The van der Waals surface area contributed by atoms with E-state index < -0.39 is 0 Å². The molecule has 4 rings (SSSR count). The fourth-order valence-electron chi connectivity index (χ4n) is 4.34. The van der Waals surface area contributed by atoms with Gasteiger partial charge in [0.1, 0.15) is 5.75 Å². The molecule has 0 atom stereocenters. The van der Waals surface area contributed by atoms with Crippen molar-refractivity contribution >= 4 is 44.3 Å². The van der Waals surface area contributed by atoms with Crippen molar-refractivity contribution in [3.63, 3.8) is 0 Å². The lowest BCUT2D eigenvalue weighted by atomic mass is 9.74. The fourth-order valence-corrected chi connectivity index (χ4v) is 5.64. The topological polar surface area (TPSA) is 51.7 Å². The summed E-state index contributed by atoms with van der Waals surface area (Å²) in [6, 6.07) is 13.6. The number of methoxy groups -OCH3 is 1. The van der Waals surface area contributed by atoms with Crippen LogP contribution < -0.4 is 9.64 Å². The van der Waals surface area contributed by atoms with Crippen molar-refractivity contribution in [2.75, 3.05) is 31.7 Å². The molecule has 0 N–H and O–H groups in total. The number of aromatic nitrogens is 1. The molecule has 0 unspecified atom stereocenters. The molecule has 1 saturated heterocycles. The highest BCUT2D eigenvalue weighted by atomic mass is 35.5. The van der Waals surface area contributed by atoms with Crippen LogP contribution in [-0.4, -0.2) is 37.8 Å². The van der Waals surface area contributed by atoms with Gasteiger partial charge in [-0.05, 0) is 60.6 Å². The van der Waals surface area contributed by atoms with Gasteiger partial charge < -0.3 is 14.4 Å². The minimum atomic E-state index is -0.241. The molecule has 5 nitrogen and oxygen atoms in total. The highest BCUT2D eigenvalue weighted by molar-refractivity contribution is 7.22. The van der Waals surface area contributed by atoms with Gasteiger partial charge >= 0.3 is 5.97 Å². The number of halogens is 1. The molecule has 0 radical (unpaired) electrons. The van der Waals surface area contributed by atoms with Crippen molar-refractivity contribution < 1.29 is 14.3 Å². The van der Waals surface area contributed by atoms with Gasteiger partial charge in [-0.3, -0.25) is 4.79 Å². The smallest absolute Gasteiger partial charge is 0.309 e. The number of anilines is 1. The zero-order valence-corrected chi connectivity index (χ0v) is 20.2. The van der Waals surface area contributed by atoms with Gasteiger partial charge in [0.05, 0.1) is 30.4 Å². The van der Waals surface area contributed by atoms with E-state index in [4.69, 9.17) is 26.1 Å². The summed E-state index contributed by atoms with van der Waals surface area (Å²) in [6.07, 6.45) is 4.69. The van der Waals surface area contributed by atoms with E-state index in [1.807, 2.05) is 42.5 Å². The Morgan fingerprint density at radius 2 is 2.03 bits per heavy atom. The maximum absolute atomic E-state index is 11.5. The van der Waals surface area contributed by atoms with Crippen LogP contribution in [0.1, 0.15) is 38.2 Å². The summed E-state index contributed by atoms with van der Waals surface area (Å²) in [4.78, 5) is 18.7. The van der Waals surface area contributed by atoms with Crippen molar-refractivity contribution in [3.8, 4) is 5.75 Å². The summed E-state index contributed by atoms with van der Waals surface area (Å²) in [6.45, 7) is 4.98. The molecule has 0 amide bonds. The molecule has 0 spiro atoms. The Morgan fingerprint density at radius 3 is 2.78 bits per heavy atom. The van der Waals surface area contributed by atoms with Crippen molar-refractivity contribution in [1.29, 1.82) is 0 Å². The Morgan fingerprint density at radius 1 is 1.22 bits per heavy atom. The Balaban J connectivity index is 1.32. The van der Waals surface area contributed by atoms with Crippen molar-refractivity contribution in [2.24, 2.45) is 5.41 Å². The molecule has 3 aromatic rings. The molecular formula is C25H29ClN2O3S. The lowest BCUT2D eigenvalue weighted by molar-refractivity contribution is -0.139. The number of hydrogen-bond acceptors (Lipinski definition) is 6. The molecule has 32 heavy (non-hydrogen) atoms. The highest BCUT2D eigenvalue weighted by Crippen LogP contribution is 2.41. The van der Waals surface area contributed by atoms with Crippen LogP contribution in [0, 0.1) is 5.41 Å². The quantitative estimate of drug-likeness (QED) is 0.369. The van der Waals surface area contributed by atoms with Crippen LogP contribution >= 0.6 is 22.9 Å². The number of esters is 1. The third-order valence-corrected chi connectivity index (χ3v) is 7.87. The third kappa shape index (κ3) is 5.36. The van der Waals surface area contributed by atoms with Gasteiger partial charge in [-0.2, -0.15) is 0 Å². The monoisotopic (exact) mass is 472 g/mol. The van der Waals surface area contributed by atoms with Crippen LogP contribution in [0.4, 0.5) is 5.13 Å². The highest BCUT2D eigenvalue weighted by Gasteiger charge is 2.33. The molecule has 170 valence electrons. The van der Waals surface area contributed by atoms with Gasteiger partial charge in [-0.25, -0.2) is 4.98 Å². The minimum absolute atomic E-state index is 0.241. The third-order valence-electron chi connectivity index (χ3n) is 6.56. The molecule has 2 heterocycles. The van der Waals surface area contributed by atoms with Crippen molar-refractivity contribution in [1.82, 2.24) is 4.98 Å². The molecule has 2 aromatic carbocycles. The first-order valence-corrected chi connectivity index (χ1v) is 12.3. The number of piperidine rings is 1. The number of carbonyl (C=O) groups is 1. The summed E-state index contributed by atoms with van der Waals surface area (Å²) in [7, 11) is 1.41. The molecule has 0 aliphatic carbocycles. The summed E-state index contributed by atoms with van der Waals surface area (Å²) < 4.78 is 12.0. The second-order valence-corrected chi connectivity index (χ2v) is 9.89. The standard InChI is InChI=1S/C25H29ClN2O3S/c1-3-25(11-14-31-20-6-4-5-18(15-20)16-23(29)30-2)9-12-28(13-10-25)24-27-21-8-7-19(26)17-22(21)32-24/h4-8,15,17H,3,9-14,16H2,1-2H3. The van der Waals surface area contributed by atoms with Crippen LogP contribution in [-0.2, 0) is 16.0 Å². The van der Waals surface area contributed by atoms with Crippen LogP contribution in [0.3, 0.4) is 0 Å². The lowest BCUT2D eigenvalue weighted by Gasteiger charge is -2.41. The molecule has 0 bridgehead atoms. The molecule has 7 heteroatoms. The fraction of sp³-hybridized carbons (Fsp3) is 0.440. The molecule has 1 aliphatic rings. The summed E-state index contributed by atoms with van der Waals surface area (Å²) in [5.74, 6) is 0.568. The summed E-state index contributed by atoms with van der Waals surface area (Å²) >= 11 is 7.85.